The van der Waals surface area contributed by atoms with Crippen molar-refractivity contribution in [3.05, 3.63) is 28.3 Å². The van der Waals surface area contributed by atoms with Crippen LogP contribution in [-0.4, -0.2) is 10.2 Å². The lowest BCUT2D eigenvalue weighted by atomic mass is 10.3. The minimum absolute atomic E-state index is 0.0405. The molecule has 1 rings (SSSR count). The van der Waals surface area contributed by atoms with Gasteiger partial charge in [0, 0.05) is 11.0 Å². The van der Waals surface area contributed by atoms with Gasteiger partial charge in [-0.05, 0) is 17.8 Å². The monoisotopic (exact) mass is 213 g/mol. The van der Waals surface area contributed by atoms with Gasteiger partial charge < -0.3 is 11.5 Å². The van der Waals surface area contributed by atoms with E-state index in [0.717, 1.165) is 0 Å². The molecular formula is C7H7N3O3S. The number of benzene rings is 1. The number of para-hydroxylation sites is 1. The summed E-state index contributed by atoms with van der Waals surface area (Å²) in [6.45, 7) is 0. The third-order valence-corrected chi connectivity index (χ3v) is 2.23. The zero-order valence-corrected chi connectivity index (χ0v) is 7.78. The summed E-state index contributed by atoms with van der Waals surface area (Å²) >= 11 is 0.666. The minimum atomic E-state index is -0.655. The summed E-state index contributed by atoms with van der Waals surface area (Å²) in [6, 6.07) is 4.21. The van der Waals surface area contributed by atoms with Crippen LogP contribution >= 0.6 is 11.8 Å². The number of anilines is 1. The molecule has 7 heteroatoms. The summed E-state index contributed by atoms with van der Waals surface area (Å²) in [7, 11) is 0. The summed E-state index contributed by atoms with van der Waals surface area (Å²) in [5, 5.41) is 9.80. The number of hydrogen-bond donors (Lipinski definition) is 2. The Hall–Kier alpha value is -1.76. The predicted molar refractivity (Wildman–Crippen MR) is 52.9 cm³/mol. The molecule has 0 aliphatic carbocycles. The number of rotatable bonds is 2. The number of nitrogens with zero attached hydrogens (tertiary/aromatic N) is 1. The molecule has 0 aromatic heterocycles. The van der Waals surface area contributed by atoms with Crippen molar-refractivity contribution in [1.82, 2.24) is 0 Å². The normalized spacial score (nSPS) is 9.71. The summed E-state index contributed by atoms with van der Waals surface area (Å²) in [5.74, 6) is 0. The molecule has 6 nitrogen and oxygen atoms in total. The van der Waals surface area contributed by atoms with Crippen molar-refractivity contribution in [3.8, 4) is 0 Å². The highest BCUT2D eigenvalue weighted by Crippen LogP contribution is 2.31. The lowest BCUT2D eigenvalue weighted by molar-refractivity contribution is -0.384. The molecule has 14 heavy (non-hydrogen) atoms. The summed E-state index contributed by atoms with van der Waals surface area (Å²) in [4.78, 5) is 20.7. The van der Waals surface area contributed by atoms with Gasteiger partial charge in [-0.2, -0.15) is 0 Å². The summed E-state index contributed by atoms with van der Waals surface area (Å²) < 4.78 is 0. The number of carbonyl (C=O) groups is 1. The van der Waals surface area contributed by atoms with Gasteiger partial charge in [0.05, 0.1) is 4.92 Å². The van der Waals surface area contributed by atoms with Gasteiger partial charge in [0.15, 0.2) is 0 Å². The Bertz CT molecular complexity index is 394. The lowest BCUT2D eigenvalue weighted by Gasteiger charge is -2.02. The van der Waals surface area contributed by atoms with Gasteiger partial charge in [0.2, 0.25) is 0 Å². The van der Waals surface area contributed by atoms with E-state index in [1.165, 1.54) is 18.2 Å². The van der Waals surface area contributed by atoms with Crippen molar-refractivity contribution in [3.63, 3.8) is 0 Å². The van der Waals surface area contributed by atoms with E-state index in [-0.39, 0.29) is 11.4 Å². The lowest BCUT2D eigenvalue weighted by Crippen LogP contribution is -2.04. The summed E-state index contributed by atoms with van der Waals surface area (Å²) in [6.07, 6.45) is 0. The molecule has 0 fully saturated rings. The third kappa shape index (κ3) is 2.13. The standard InChI is InChI=1S/C7H7N3O3S/c8-6-4(10(12)13)2-1-3-5(6)14-7(9)11/h1-3H,8H2,(H2,9,11). The number of primary amides is 1. The van der Waals surface area contributed by atoms with Crippen LogP contribution in [0.25, 0.3) is 0 Å². The first-order valence-electron chi connectivity index (χ1n) is 3.52. The molecule has 1 aromatic rings. The van der Waals surface area contributed by atoms with E-state index in [2.05, 4.69) is 0 Å². The molecule has 74 valence electrons. The second-order valence-corrected chi connectivity index (χ2v) is 3.41. The highest BCUT2D eigenvalue weighted by molar-refractivity contribution is 8.13. The second-order valence-electron chi connectivity index (χ2n) is 2.37. The first-order valence-corrected chi connectivity index (χ1v) is 4.34. The van der Waals surface area contributed by atoms with Crippen LogP contribution < -0.4 is 11.5 Å². The van der Waals surface area contributed by atoms with E-state index >= 15 is 0 Å². The van der Waals surface area contributed by atoms with Gasteiger partial charge in [-0.1, -0.05) is 6.07 Å². The number of nitrogen functional groups attached to an aromatic ring is 1. The SMILES string of the molecule is NC(=O)Sc1cccc([N+](=O)[O-])c1N. The van der Waals surface area contributed by atoms with Crippen LogP contribution in [-0.2, 0) is 0 Å². The van der Waals surface area contributed by atoms with Gasteiger partial charge >= 0.3 is 0 Å². The Morgan fingerprint density at radius 2 is 2.14 bits per heavy atom. The Morgan fingerprint density at radius 3 is 2.64 bits per heavy atom. The van der Waals surface area contributed by atoms with Crippen LogP contribution in [0, 0.1) is 10.1 Å². The molecule has 0 radical (unpaired) electrons. The largest absolute Gasteiger partial charge is 0.392 e. The van der Waals surface area contributed by atoms with E-state index in [1.54, 1.807) is 0 Å². The van der Waals surface area contributed by atoms with Crippen molar-refractivity contribution in [2.45, 2.75) is 4.90 Å². The van der Waals surface area contributed by atoms with Crippen molar-refractivity contribution in [2.24, 2.45) is 5.73 Å². The highest BCUT2D eigenvalue weighted by atomic mass is 32.2. The van der Waals surface area contributed by atoms with Crippen LogP contribution in [0.4, 0.5) is 16.2 Å². The zero-order valence-electron chi connectivity index (χ0n) is 6.97. The number of nitrogens with two attached hydrogens (primary N) is 2. The first kappa shape index (κ1) is 10.3. The van der Waals surface area contributed by atoms with E-state index in [1.807, 2.05) is 0 Å². The Labute approximate surface area is 83.4 Å². The molecule has 0 saturated carbocycles. The summed E-state index contributed by atoms with van der Waals surface area (Å²) in [5.41, 5.74) is 10.1. The minimum Gasteiger partial charge on any atom is -0.392 e. The number of hydrogen-bond acceptors (Lipinski definition) is 5. The van der Waals surface area contributed by atoms with Gasteiger partial charge in [-0.15, -0.1) is 0 Å². The molecule has 0 aliphatic heterocycles. The fourth-order valence-electron chi connectivity index (χ4n) is 0.889. The third-order valence-electron chi connectivity index (χ3n) is 1.45. The van der Waals surface area contributed by atoms with Crippen LogP contribution in [0.15, 0.2) is 23.1 Å². The van der Waals surface area contributed by atoms with E-state index in [4.69, 9.17) is 11.5 Å². The maximum Gasteiger partial charge on any atom is 0.293 e. The molecule has 0 atom stereocenters. The average molecular weight is 213 g/mol. The fourth-order valence-corrected chi connectivity index (χ4v) is 1.47. The van der Waals surface area contributed by atoms with Crippen LogP contribution in [0.3, 0.4) is 0 Å². The number of carbonyl (C=O) groups excluding carboxylic acids is 1. The Balaban J connectivity index is 3.13. The van der Waals surface area contributed by atoms with Crippen LogP contribution in [0.2, 0.25) is 0 Å². The van der Waals surface area contributed by atoms with Gasteiger partial charge in [0.25, 0.3) is 10.9 Å². The number of amides is 1. The molecular weight excluding hydrogens is 206 g/mol. The second kappa shape index (κ2) is 3.97. The number of thioether (sulfide) groups is 1. The van der Waals surface area contributed by atoms with Gasteiger partial charge in [-0.25, -0.2) is 0 Å². The van der Waals surface area contributed by atoms with E-state index in [0.29, 0.717) is 16.7 Å². The van der Waals surface area contributed by atoms with Gasteiger partial charge in [-0.3, -0.25) is 14.9 Å². The van der Waals surface area contributed by atoms with Crippen molar-refractivity contribution >= 4 is 28.4 Å². The van der Waals surface area contributed by atoms with Crippen molar-refractivity contribution in [2.75, 3.05) is 5.73 Å². The van der Waals surface area contributed by atoms with Gasteiger partial charge in [0.1, 0.15) is 5.69 Å². The maximum atomic E-state index is 10.6. The first-order chi connectivity index (χ1) is 6.52. The molecule has 0 saturated heterocycles. The molecule has 0 spiro atoms. The predicted octanol–water partition coefficient (Wildman–Crippen LogP) is 1.35. The number of nitro benzene ring substituents is 1. The van der Waals surface area contributed by atoms with Crippen molar-refractivity contribution < 1.29 is 9.72 Å². The van der Waals surface area contributed by atoms with Crippen LogP contribution in [0.1, 0.15) is 0 Å². The fraction of sp³-hybridized carbons (Fsp3) is 0. The molecule has 0 bridgehead atoms. The quantitative estimate of drug-likeness (QED) is 0.333. The molecule has 0 unspecified atom stereocenters. The molecule has 1 amide bonds. The van der Waals surface area contributed by atoms with E-state index < -0.39 is 10.2 Å². The number of nitro groups is 1. The maximum absolute atomic E-state index is 10.6. The molecule has 0 heterocycles. The molecule has 1 aromatic carbocycles. The Kier molecular flexibility index (Phi) is 2.92. The zero-order chi connectivity index (χ0) is 10.7. The molecule has 4 N–H and O–H groups in total. The Morgan fingerprint density at radius 1 is 1.50 bits per heavy atom. The van der Waals surface area contributed by atoms with Crippen LogP contribution in [0.5, 0.6) is 0 Å². The molecule has 0 aliphatic rings. The topological polar surface area (TPSA) is 112 Å². The highest BCUT2D eigenvalue weighted by Gasteiger charge is 2.15. The van der Waals surface area contributed by atoms with E-state index in [9.17, 15) is 14.9 Å². The smallest absolute Gasteiger partial charge is 0.293 e. The average Bonchev–Trinajstić information content (AvgIpc) is 2.07. The van der Waals surface area contributed by atoms with Crippen molar-refractivity contribution in [1.29, 1.82) is 0 Å².